The van der Waals surface area contributed by atoms with Gasteiger partial charge in [0.25, 0.3) is 0 Å². The molecule has 0 fully saturated rings. The molecule has 0 amide bonds. The molecular formula is C40H56O. The number of hydrogen-bond acceptors (Lipinski definition) is 1. The van der Waals surface area contributed by atoms with Crippen molar-refractivity contribution in [3.63, 3.8) is 0 Å². The Balaban J connectivity index is 1.81. The van der Waals surface area contributed by atoms with Gasteiger partial charge >= 0.3 is 0 Å². The summed E-state index contributed by atoms with van der Waals surface area (Å²) < 4.78 is 0. The zero-order chi connectivity index (χ0) is 30.6. The number of aliphatic hydroxyl groups is 1. The Morgan fingerprint density at radius 1 is 1.02 bits per heavy atom. The lowest BCUT2D eigenvalue weighted by molar-refractivity contribution is 0.117. The first-order chi connectivity index (χ1) is 19.2. The van der Waals surface area contributed by atoms with Crippen LogP contribution in [0, 0.1) is 28.6 Å². The lowest BCUT2D eigenvalue weighted by atomic mass is 9.72. The Kier molecular flexibility index (Phi) is 13.4. The van der Waals surface area contributed by atoms with E-state index in [9.17, 15) is 5.11 Å². The lowest BCUT2D eigenvalue weighted by Gasteiger charge is -2.34. The Morgan fingerprint density at radius 2 is 1.76 bits per heavy atom. The van der Waals surface area contributed by atoms with E-state index in [0.29, 0.717) is 5.92 Å². The molecule has 1 N–H and O–H groups in total. The van der Waals surface area contributed by atoms with E-state index in [1.807, 2.05) is 0 Å². The molecule has 2 aliphatic rings. The Morgan fingerprint density at radius 3 is 2.44 bits per heavy atom. The van der Waals surface area contributed by atoms with Crippen LogP contribution in [0.3, 0.4) is 0 Å². The topological polar surface area (TPSA) is 20.2 Å². The smallest absolute Gasteiger partial charge is 0.0586 e. The molecule has 41 heavy (non-hydrogen) atoms. The molecule has 0 heterocycles. The molecule has 2 atom stereocenters. The first kappa shape index (κ1) is 34.4. The summed E-state index contributed by atoms with van der Waals surface area (Å²) in [6, 6.07) is 0. The maximum atomic E-state index is 10.1. The molecule has 0 aromatic carbocycles. The van der Waals surface area contributed by atoms with E-state index >= 15 is 0 Å². The average molecular weight is 553 g/mol. The Hall–Kier alpha value is -2.82. The second kappa shape index (κ2) is 16.0. The third kappa shape index (κ3) is 11.9. The predicted octanol–water partition coefficient (Wildman–Crippen LogP) is 11.1. The van der Waals surface area contributed by atoms with Gasteiger partial charge in [-0.3, -0.25) is 0 Å². The standard InChI is InChI=1S/C40H56O/c1-30(18-13-20-32(3)23-25-37-34(5)22-15-27-39(37,7)8)16-11-12-17-31(2)19-14-21-33(4)24-26-38-35(6)28-36(41)29-40(38,9)10/h11-16,18-21,27,31,36,41H,17,22-23,25,28-29H2,1-10H3/b12-11+,18-13+,19-14+,30-16+,32-20+,33-21+/t31?,36-/m1/s1. The second-order valence-electron chi connectivity index (χ2n) is 13.6. The number of hydrogen-bond donors (Lipinski definition) is 1. The van der Waals surface area contributed by atoms with Crippen molar-refractivity contribution in [3.8, 4) is 11.8 Å². The van der Waals surface area contributed by atoms with Crippen LogP contribution in [0.1, 0.15) is 108 Å². The molecule has 0 aromatic rings. The maximum absolute atomic E-state index is 10.1. The Bertz CT molecular complexity index is 1250. The highest BCUT2D eigenvalue weighted by atomic mass is 16.3. The molecule has 0 aliphatic heterocycles. The van der Waals surface area contributed by atoms with Gasteiger partial charge in [0.15, 0.2) is 0 Å². The van der Waals surface area contributed by atoms with Crippen LogP contribution in [0.25, 0.3) is 0 Å². The maximum Gasteiger partial charge on any atom is 0.0586 e. The molecule has 2 rings (SSSR count). The molecule has 0 saturated carbocycles. The van der Waals surface area contributed by atoms with Crippen LogP contribution < -0.4 is 0 Å². The number of allylic oxidation sites excluding steroid dienone is 17. The van der Waals surface area contributed by atoms with Crippen molar-refractivity contribution in [2.75, 3.05) is 0 Å². The fourth-order valence-electron chi connectivity index (χ4n) is 5.92. The summed E-state index contributed by atoms with van der Waals surface area (Å²) in [5, 5.41) is 10.1. The van der Waals surface area contributed by atoms with Gasteiger partial charge in [-0.2, -0.15) is 0 Å². The van der Waals surface area contributed by atoms with Crippen LogP contribution in [0.15, 0.2) is 106 Å². The van der Waals surface area contributed by atoms with Gasteiger partial charge in [0.1, 0.15) is 0 Å². The molecule has 1 heteroatoms. The Labute approximate surface area is 253 Å². The van der Waals surface area contributed by atoms with Crippen LogP contribution in [0.5, 0.6) is 0 Å². The number of aliphatic hydroxyl groups excluding tert-OH is 1. The van der Waals surface area contributed by atoms with Gasteiger partial charge in [-0.15, -0.1) is 0 Å². The van der Waals surface area contributed by atoms with Crippen LogP contribution >= 0.6 is 0 Å². The SMILES string of the molecule is CC1=C(CC/C(C)=C/C=C/C(C)=C/C=C/CC(C)/C=C/C=C(\C)C#CC2=C(C)C[C@@H](O)CC2(C)C)C(C)(C)C=CC1. The number of rotatable bonds is 10. The molecule has 0 radical (unpaired) electrons. The predicted molar refractivity (Wildman–Crippen MR) is 181 cm³/mol. The minimum Gasteiger partial charge on any atom is -0.393 e. The van der Waals surface area contributed by atoms with Crippen LogP contribution in [0.4, 0.5) is 0 Å². The minimum absolute atomic E-state index is 0.0641. The zero-order valence-electron chi connectivity index (χ0n) is 27.7. The highest BCUT2D eigenvalue weighted by molar-refractivity contribution is 5.44. The van der Waals surface area contributed by atoms with E-state index in [1.54, 1.807) is 11.1 Å². The minimum atomic E-state index is -0.247. The van der Waals surface area contributed by atoms with E-state index in [4.69, 9.17) is 0 Å². The van der Waals surface area contributed by atoms with Gasteiger partial charge in [0.2, 0.25) is 0 Å². The summed E-state index contributed by atoms with van der Waals surface area (Å²) in [6.07, 6.45) is 30.0. The first-order valence-electron chi connectivity index (χ1n) is 15.5. The highest BCUT2D eigenvalue weighted by Gasteiger charge is 2.32. The molecule has 1 nitrogen and oxygen atoms in total. The molecule has 1 unspecified atom stereocenters. The van der Waals surface area contributed by atoms with Crippen molar-refractivity contribution < 1.29 is 5.11 Å². The largest absolute Gasteiger partial charge is 0.393 e. The summed E-state index contributed by atoms with van der Waals surface area (Å²) in [4.78, 5) is 0. The summed E-state index contributed by atoms with van der Waals surface area (Å²) in [5.41, 5.74) is 9.42. The third-order valence-electron chi connectivity index (χ3n) is 8.33. The summed E-state index contributed by atoms with van der Waals surface area (Å²) in [6.45, 7) is 22.1. The van der Waals surface area contributed by atoms with E-state index in [-0.39, 0.29) is 16.9 Å². The summed E-state index contributed by atoms with van der Waals surface area (Å²) >= 11 is 0. The van der Waals surface area contributed by atoms with Crippen molar-refractivity contribution in [3.05, 3.63) is 106 Å². The summed E-state index contributed by atoms with van der Waals surface area (Å²) in [5.74, 6) is 7.19. The fourth-order valence-corrected chi connectivity index (χ4v) is 5.92. The van der Waals surface area contributed by atoms with Crippen molar-refractivity contribution >= 4 is 0 Å². The van der Waals surface area contributed by atoms with Gasteiger partial charge in [0.05, 0.1) is 6.10 Å². The van der Waals surface area contributed by atoms with Gasteiger partial charge < -0.3 is 5.11 Å². The monoisotopic (exact) mass is 552 g/mol. The van der Waals surface area contributed by atoms with Crippen molar-refractivity contribution in [2.45, 2.75) is 114 Å². The van der Waals surface area contributed by atoms with Crippen molar-refractivity contribution in [1.29, 1.82) is 0 Å². The van der Waals surface area contributed by atoms with Crippen molar-refractivity contribution in [2.24, 2.45) is 16.7 Å². The summed E-state index contributed by atoms with van der Waals surface area (Å²) in [7, 11) is 0. The van der Waals surface area contributed by atoms with Crippen LogP contribution in [-0.4, -0.2) is 11.2 Å². The molecule has 0 spiro atoms. The van der Waals surface area contributed by atoms with Gasteiger partial charge in [-0.1, -0.05) is 141 Å². The lowest BCUT2D eigenvalue weighted by Crippen LogP contribution is -2.28. The third-order valence-corrected chi connectivity index (χ3v) is 8.33. The zero-order valence-corrected chi connectivity index (χ0v) is 27.7. The van der Waals surface area contributed by atoms with Crippen molar-refractivity contribution in [1.82, 2.24) is 0 Å². The first-order valence-corrected chi connectivity index (χ1v) is 15.5. The van der Waals surface area contributed by atoms with Gasteiger partial charge in [0, 0.05) is 16.4 Å². The normalized spacial score (nSPS) is 22.7. The van der Waals surface area contributed by atoms with E-state index in [2.05, 4.69) is 148 Å². The molecular weight excluding hydrogens is 496 g/mol. The van der Waals surface area contributed by atoms with E-state index < -0.39 is 0 Å². The van der Waals surface area contributed by atoms with Gasteiger partial charge in [-0.25, -0.2) is 0 Å². The van der Waals surface area contributed by atoms with Crippen LogP contribution in [-0.2, 0) is 0 Å². The van der Waals surface area contributed by atoms with E-state index in [0.717, 1.165) is 44.1 Å². The molecule has 0 bridgehead atoms. The molecule has 0 aromatic heterocycles. The molecule has 2 aliphatic carbocycles. The highest BCUT2D eigenvalue weighted by Crippen LogP contribution is 2.40. The molecule has 0 saturated heterocycles. The average Bonchev–Trinajstić information content (AvgIpc) is 2.84. The van der Waals surface area contributed by atoms with Crippen LogP contribution in [0.2, 0.25) is 0 Å². The van der Waals surface area contributed by atoms with Gasteiger partial charge in [-0.05, 0) is 84.6 Å². The molecule has 222 valence electrons. The van der Waals surface area contributed by atoms with E-state index in [1.165, 1.54) is 22.3 Å². The quantitative estimate of drug-likeness (QED) is 0.162. The fraction of sp³-hybridized carbons (Fsp3) is 0.500. The second-order valence-corrected chi connectivity index (χ2v) is 13.6.